The summed E-state index contributed by atoms with van der Waals surface area (Å²) in [5, 5.41) is 9.49. The summed E-state index contributed by atoms with van der Waals surface area (Å²) in [5.74, 6) is 0.219. The maximum Gasteiger partial charge on any atom is 0.409 e. The first kappa shape index (κ1) is 11.7. The molecule has 1 saturated heterocycles. The van der Waals surface area contributed by atoms with Crippen LogP contribution in [0, 0.1) is 0 Å². The highest BCUT2D eigenvalue weighted by atomic mass is 16.6. The lowest BCUT2D eigenvalue weighted by atomic mass is 10.1. The molecule has 5 heteroatoms. The van der Waals surface area contributed by atoms with Crippen LogP contribution in [0.1, 0.15) is 11.1 Å². The molecule has 0 spiro atoms. The number of phenols is 1. The van der Waals surface area contributed by atoms with E-state index in [9.17, 15) is 9.90 Å². The molecule has 0 bridgehead atoms. The Balaban J connectivity index is 1.97. The molecule has 1 heterocycles. The van der Waals surface area contributed by atoms with Crippen LogP contribution in [0.15, 0.2) is 18.2 Å². The predicted molar refractivity (Wildman–Crippen MR) is 62.6 cm³/mol. The van der Waals surface area contributed by atoms with Gasteiger partial charge in [-0.3, -0.25) is 0 Å². The molecule has 1 aliphatic rings. The number of hydrogen-bond donors (Lipinski definition) is 2. The Morgan fingerprint density at radius 3 is 2.94 bits per heavy atom. The van der Waals surface area contributed by atoms with Crippen LogP contribution >= 0.6 is 0 Å². The van der Waals surface area contributed by atoms with E-state index in [1.807, 2.05) is 12.1 Å². The zero-order valence-electron chi connectivity index (χ0n) is 9.56. The molecular formula is C12H16N2O3. The largest absolute Gasteiger partial charge is 0.508 e. The highest BCUT2D eigenvalue weighted by Crippen LogP contribution is 2.18. The number of phenolic OH excluding ortho intramolecular Hbond substituents is 1. The molecule has 0 aliphatic carbocycles. The van der Waals surface area contributed by atoms with Crippen molar-refractivity contribution in [2.75, 3.05) is 19.7 Å². The maximum absolute atomic E-state index is 11.2. The summed E-state index contributed by atoms with van der Waals surface area (Å²) >= 11 is 0. The summed E-state index contributed by atoms with van der Waals surface area (Å²) in [6.45, 7) is 2.07. The third-order valence-electron chi connectivity index (χ3n) is 2.88. The molecule has 1 aromatic carbocycles. The third-order valence-corrected chi connectivity index (χ3v) is 2.88. The topological polar surface area (TPSA) is 75.8 Å². The Morgan fingerprint density at radius 2 is 2.29 bits per heavy atom. The second-order valence-corrected chi connectivity index (χ2v) is 4.02. The van der Waals surface area contributed by atoms with Gasteiger partial charge in [0.05, 0.1) is 6.54 Å². The maximum atomic E-state index is 11.2. The minimum Gasteiger partial charge on any atom is -0.508 e. The lowest BCUT2D eigenvalue weighted by molar-refractivity contribution is 0.159. The molecule has 17 heavy (non-hydrogen) atoms. The van der Waals surface area contributed by atoms with Gasteiger partial charge in [-0.05, 0) is 18.1 Å². The molecule has 3 N–H and O–H groups in total. The summed E-state index contributed by atoms with van der Waals surface area (Å²) in [7, 11) is 0. The van der Waals surface area contributed by atoms with Gasteiger partial charge in [-0.15, -0.1) is 0 Å². The van der Waals surface area contributed by atoms with Gasteiger partial charge in [0.2, 0.25) is 0 Å². The molecule has 0 saturated carbocycles. The van der Waals surface area contributed by atoms with E-state index in [0.717, 1.165) is 17.5 Å². The first-order valence-electron chi connectivity index (χ1n) is 5.63. The smallest absolute Gasteiger partial charge is 0.409 e. The predicted octanol–water partition coefficient (Wildman–Crippen LogP) is 0.846. The van der Waals surface area contributed by atoms with Crippen molar-refractivity contribution >= 4 is 6.09 Å². The zero-order chi connectivity index (χ0) is 12.3. The average molecular weight is 236 g/mol. The molecule has 2 rings (SSSR count). The lowest BCUT2D eigenvalue weighted by Gasteiger charge is -2.12. The molecule has 1 aliphatic heterocycles. The van der Waals surface area contributed by atoms with Crippen LogP contribution in [0.5, 0.6) is 5.75 Å². The van der Waals surface area contributed by atoms with E-state index in [-0.39, 0.29) is 11.8 Å². The van der Waals surface area contributed by atoms with Crippen LogP contribution in [0.2, 0.25) is 0 Å². The van der Waals surface area contributed by atoms with Crippen LogP contribution in [0.25, 0.3) is 0 Å². The summed E-state index contributed by atoms with van der Waals surface area (Å²) in [6, 6.07) is 5.35. The number of carbonyl (C=O) groups is 1. The van der Waals surface area contributed by atoms with Gasteiger partial charge < -0.3 is 20.5 Å². The van der Waals surface area contributed by atoms with E-state index < -0.39 is 0 Å². The van der Waals surface area contributed by atoms with Gasteiger partial charge in [-0.1, -0.05) is 12.1 Å². The normalized spacial score (nSPS) is 15.1. The fourth-order valence-corrected chi connectivity index (χ4v) is 1.85. The fraction of sp³-hybridized carbons (Fsp3) is 0.417. The van der Waals surface area contributed by atoms with E-state index in [1.165, 1.54) is 0 Å². The van der Waals surface area contributed by atoms with Gasteiger partial charge in [0.15, 0.2) is 0 Å². The molecule has 5 nitrogen and oxygen atoms in total. The molecule has 1 aromatic rings. The van der Waals surface area contributed by atoms with Crippen molar-refractivity contribution in [3.63, 3.8) is 0 Å². The SMILES string of the molecule is NCc1cc(CCN2CCOC2=O)ccc1O. The number of aromatic hydroxyl groups is 1. The Hall–Kier alpha value is -1.75. The minimum absolute atomic E-state index is 0.219. The number of rotatable bonds is 4. The Labute approximate surface area is 99.8 Å². The summed E-state index contributed by atoms with van der Waals surface area (Å²) in [6.07, 6.45) is 0.491. The van der Waals surface area contributed by atoms with Gasteiger partial charge in [0, 0.05) is 18.7 Å². The minimum atomic E-state index is -0.247. The van der Waals surface area contributed by atoms with Crippen molar-refractivity contribution in [1.29, 1.82) is 0 Å². The number of amides is 1. The number of benzene rings is 1. The second-order valence-electron chi connectivity index (χ2n) is 4.02. The van der Waals surface area contributed by atoms with Crippen LogP contribution in [-0.4, -0.2) is 35.8 Å². The first-order chi connectivity index (χ1) is 8.20. The number of ether oxygens (including phenoxy) is 1. The van der Waals surface area contributed by atoms with Crippen LogP contribution in [0.4, 0.5) is 4.79 Å². The molecule has 0 unspecified atom stereocenters. The number of hydrogen-bond acceptors (Lipinski definition) is 4. The quantitative estimate of drug-likeness (QED) is 0.812. The second kappa shape index (κ2) is 5.05. The average Bonchev–Trinajstić information content (AvgIpc) is 2.74. The summed E-state index contributed by atoms with van der Waals surface area (Å²) in [4.78, 5) is 12.9. The number of nitrogens with two attached hydrogens (primary N) is 1. The monoisotopic (exact) mass is 236 g/mol. The molecule has 1 amide bonds. The van der Waals surface area contributed by atoms with Gasteiger partial charge in [-0.25, -0.2) is 4.79 Å². The molecule has 0 atom stereocenters. The molecule has 0 radical (unpaired) electrons. The lowest BCUT2D eigenvalue weighted by Crippen LogP contribution is -2.26. The number of cyclic esters (lactones) is 1. The van der Waals surface area contributed by atoms with Crippen LogP contribution in [-0.2, 0) is 17.7 Å². The number of nitrogens with zero attached hydrogens (tertiary/aromatic N) is 1. The van der Waals surface area contributed by atoms with E-state index >= 15 is 0 Å². The van der Waals surface area contributed by atoms with E-state index in [4.69, 9.17) is 10.5 Å². The molecule has 1 fully saturated rings. The van der Waals surface area contributed by atoms with Crippen molar-refractivity contribution in [2.45, 2.75) is 13.0 Å². The molecular weight excluding hydrogens is 220 g/mol. The summed E-state index contributed by atoms with van der Waals surface area (Å²) < 4.78 is 4.84. The standard InChI is InChI=1S/C12H16N2O3/c13-8-10-7-9(1-2-11(10)15)3-4-14-5-6-17-12(14)16/h1-2,7,15H,3-6,8,13H2. The Morgan fingerprint density at radius 1 is 1.47 bits per heavy atom. The Kier molecular flexibility index (Phi) is 3.49. The van der Waals surface area contributed by atoms with Gasteiger partial charge >= 0.3 is 6.09 Å². The Bertz CT molecular complexity index is 420. The zero-order valence-corrected chi connectivity index (χ0v) is 9.56. The van der Waals surface area contributed by atoms with Crippen molar-refractivity contribution in [2.24, 2.45) is 5.73 Å². The first-order valence-corrected chi connectivity index (χ1v) is 5.63. The van der Waals surface area contributed by atoms with Gasteiger partial charge in [0.1, 0.15) is 12.4 Å². The van der Waals surface area contributed by atoms with Crippen molar-refractivity contribution in [3.05, 3.63) is 29.3 Å². The van der Waals surface area contributed by atoms with Gasteiger partial charge in [0.25, 0.3) is 0 Å². The molecule has 0 aromatic heterocycles. The fourth-order valence-electron chi connectivity index (χ4n) is 1.85. The number of carbonyl (C=O) groups excluding carboxylic acids is 1. The van der Waals surface area contributed by atoms with Crippen molar-refractivity contribution in [3.8, 4) is 5.75 Å². The highest BCUT2D eigenvalue weighted by Gasteiger charge is 2.21. The van der Waals surface area contributed by atoms with Crippen molar-refractivity contribution < 1.29 is 14.6 Å². The van der Waals surface area contributed by atoms with Crippen LogP contribution in [0.3, 0.4) is 0 Å². The molecule has 92 valence electrons. The van der Waals surface area contributed by atoms with E-state index in [1.54, 1.807) is 11.0 Å². The van der Waals surface area contributed by atoms with Gasteiger partial charge in [-0.2, -0.15) is 0 Å². The van der Waals surface area contributed by atoms with Crippen LogP contribution < -0.4 is 5.73 Å². The third kappa shape index (κ3) is 2.68. The van der Waals surface area contributed by atoms with E-state index in [0.29, 0.717) is 26.2 Å². The highest BCUT2D eigenvalue weighted by molar-refractivity contribution is 5.69. The van der Waals surface area contributed by atoms with Crippen molar-refractivity contribution in [1.82, 2.24) is 4.90 Å². The summed E-state index contributed by atoms with van der Waals surface area (Å²) in [5.41, 5.74) is 7.30. The van der Waals surface area contributed by atoms with E-state index in [2.05, 4.69) is 0 Å².